The first-order valence-electron chi connectivity index (χ1n) is 7.82. The van der Waals surface area contributed by atoms with Gasteiger partial charge < -0.3 is 14.0 Å². The molecule has 3 aliphatic rings. The lowest BCUT2D eigenvalue weighted by Crippen LogP contribution is -2.51. The Morgan fingerprint density at radius 2 is 1.91 bits per heavy atom. The monoisotopic (exact) mass is 319 g/mol. The molecule has 8 heteroatoms. The Kier molecular flexibility index (Phi) is 3.22. The minimum Gasteiger partial charge on any atom is -0.395 e. The quantitative estimate of drug-likeness (QED) is 0.593. The van der Waals surface area contributed by atoms with Crippen molar-refractivity contribution in [1.29, 1.82) is 0 Å². The average Bonchev–Trinajstić information content (AvgIpc) is 3.24. The molecule has 0 N–H and O–H groups in total. The van der Waals surface area contributed by atoms with E-state index in [1.807, 2.05) is 6.08 Å². The summed E-state index contributed by atoms with van der Waals surface area (Å²) in [4.78, 5) is 29.3. The molecule has 0 amide bonds. The predicted molar refractivity (Wildman–Crippen MR) is 75.6 cm³/mol. The van der Waals surface area contributed by atoms with Crippen molar-refractivity contribution in [2.24, 2.45) is 0 Å². The van der Waals surface area contributed by atoms with Crippen LogP contribution in [0.1, 0.15) is 49.7 Å². The largest absolute Gasteiger partial charge is 0.422 e. The molecule has 3 heterocycles. The lowest BCUT2D eigenvalue weighted by atomic mass is 10.0. The summed E-state index contributed by atoms with van der Waals surface area (Å²) < 4.78 is 15.9. The van der Waals surface area contributed by atoms with Crippen LogP contribution in [0.15, 0.2) is 10.6 Å². The first kappa shape index (κ1) is 14.4. The fraction of sp³-hybridized carbons (Fsp3) is 0.600. The van der Waals surface area contributed by atoms with Gasteiger partial charge in [-0.05, 0) is 26.3 Å². The van der Waals surface area contributed by atoms with Crippen molar-refractivity contribution in [2.45, 2.75) is 43.9 Å². The van der Waals surface area contributed by atoms with E-state index in [0.717, 1.165) is 12.8 Å². The highest BCUT2D eigenvalue weighted by molar-refractivity contribution is 6.31. The highest BCUT2D eigenvalue weighted by Gasteiger charge is 2.57. The van der Waals surface area contributed by atoms with E-state index >= 15 is 0 Å². The van der Waals surface area contributed by atoms with Crippen LogP contribution in [0, 0.1) is 0 Å². The van der Waals surface area contributed by atoms with Gasteiger partial charge in [-0.25, -0.2) is 14.5 Å². The van der Waals surface area contributed by atoms with Gasteiger partial charge in [-0.2, -0.15) is 4.98 Å². The minimum atomic E-state index is -1.59. The second kappa shape index (κ2) is 5.16. The fourth-order valence-electron chi connectivity index (χ4n) is 3.42. The van der Waals surface area contributed by atoms with Crippen molar-refractivity contribution in [3.05, 3.63) is 17.8 Å². The number of ether oxygens (including phenoxy) is 2. The van der Waals surface area contributed by atoms with Gasteiger partial charge in [-0.1, -0.05) is 24.1 Å². The van der Waals surface area contributed by atoms with Crippen LogP contribution in [0.3, 0.4) is 0 Å². The van der Waals surface area contributed by atoms with Crippen LogP contribution in [0.5, 0.6) is 0 Å². The molecule has 1 aromatic rings. The zero-order chi connectivity index (χ0) is 16.0. The van der Waals surface area contributed by atoms with Crippen molar-refractivity contribution in [1.82, 2.24) is 15.0 Å². The fourth-order valence-corrected chi connectivity index (χ4v) is 3.42. The number of likely N-dealkylation sites (N-methyl/N-ethyl adjacent to an activating group) is 1. The smallest absolute Gasteiger partial charge is 0.395 e. The number of carbonyl (C=O) groups excluding carboxylic acids is 2. The van der Waals surface area contributed by atoms with E-state index in [9.17, 15) is 9.59 Å². The zero-order valence-corrected chi connectivity index (χ0v) is 12.8. The van der Waals surface area contributed by atoms with E-state index in [0.29, 0.717) is 30.3 Å². The van der Waals surface area contributed by atoms with Crippen molar-refractivity contribution < 1.29 is 23.6 Å². The van der Waals surface area contributed by atoms with E-state index in [4.69, 9.17) is 14.0 Å². The molecule has 1 aromatic heterocycles. The average molecular weight is 319 g/mol. The van der Waals surface area contributed by atoms with Gasteiger partial charge in [0, 0.05) is 12.5 Å². The first-order chi connectivity index (χ1) is 11.1. The van der Waals surface area contributed by atoms with Crippen LogP contribution < -0.4 is 0 Å². The number of esters is 2. The Labute approximate surface area is 132 Å². The molecular weight excluding hydrogens is 302 g/mol. The Bertz CT molecular complexity index is 673. The number of carbonyl (C=O) groups is 2. The van der Waals surface area contributed by atoms with Crippen LogP contribution in [0.25, 0.3) is 5.57 Å². The lowest BCUT2D eigenvalue weighted by molar-refractivity contribution is -0.210. The first-order valence-corrected chi connectivity index (χ1v) is 7.82. The van der Waals surface area contributed by atoms with Gasteiger partial charge in [-0.15, -0.1) is 0 Å². The van der Waals surface area contributed by atoms with Crippen molar-refractivity contribution in [2.75, 3.05) is 13.6 Å². The zero-order valence-electron chi connectivity index (χ0n) is 12.8. The summed E-state index contributed by atoms with van der Waals surface area (Å²) in [7, 11) is 1.72. The van der Waals surface area contributed by atoms with Gasteiger partial charge in [0.15, 0.2) is 5.82 Å². The van der Waals surface area contributed by atoms with E-state index in [2.05, 4.69) is 10.1 Å². The summed E-state index contributed by atoms with van der Waals surface area (Å²) >= 11 is 0. The molecule has 0 bridgehead atoms. The summed E-state index contributed by atoms with van der Waals surface area (Å²) in [5, 5.41) is 4.06. The van der Waals surface area contributed by atoms with Crippen molar-refractivity contribution >= 4 is 17.5 Å². The Hall–Kier alpha value is -2.22. The molecule has 122 valence electrons. The van der Waals surface area contributed by atoms with Gasteiger partial charge in [0.2, 0.25) is 0 Å². The van der Waals surface area contributed by atoms with E-state index in [1.165, 1.54) is 12.8 Å². The molecule has 23 heavy (non-hydrogen) atoms. The Morgan fingerprint density at radius 1 is 1.22 bits per heavy atom. The normalized spacial score (nSPS) is 24.8. The number of nitrogens with zero attached hydrogens (tertiary/aromatic N) is 3. The third kappa shape index (κ3) is 2.16. The Morgan fingerprint density at radius 3 is 2.61 bits per heavy atom. The number of hydrogen-bond acceptors (Lipinski definition) is 8. The van der Waals surface area contributed by atoms with Crippen molar-refractivity contribution in [3.8, 4) is 0 Å². The Balaban J connectivity index is 1.70. The highest BCUT2D eigenvalue weighted by Crippen LogP contribution is 2.41. The molecule has 1 spiro atoms. The summed E-state index contributed by atoms with van der Waals surface area (Å²) in [6, 6.07) is 0. The summed E-state index contributed by atoms with van der Waals surface area (Å²) in [6.45, 7) is 0.577. The molecule has 2 aliphatic heterocycles. The molecule has 0 aromatic carbocycles. The molecule has 0 atom stereocenters. The molecule has 0 radical (unpaired) electrons. The summed E-state index contributed by atoms with van der Waals surface area (Å²) in [5.41, 5.74) is 0.419. The van der Waals surface area contributed by atoms with Crippen LogP contribution in [-0.4, -0.2) is 46.5 Å². The number of aromatic nitrogens is 2. The predicted octanol–water partition coefficient (Wildman–Crippen LogP) is 1.20. The standard InChI is InChI=1S/C15H17N3O5/c1-18-8-4-7-10(15(18)21-13(19)14(20)22-15)12-16-11(17-23-12)9-5-2-3-6-9/h7,9H,2-6,8H2,1H3. The lowest BCUT2D eigenvalue weighted by Gasteiger charge is -2.37. The van der Waals surface area contributed by atoms with Gasteiger partial charge in [0.1, 0.15) is 5.57 Å². The topological polar surface area (TPSA) is 94.8 Å². The van der Waals surface area contributed by atoms with Crippen molar-refractivity contribution in [3.63, 3.8) is 0 Å². The van der Waals surface area contributed by atoms with Crippen LogP contribution >= 0.6 is 0 Å². The van der Waals surface area contributed by atoms with Crippen LogP contribution in [0.4, 0.5) is 0 Å². The van der Waals surface area contributed by atoms with E-state index in [-0.39, 0.29) is 5.89 Å². The molecule has 1 aliphatic carbocycles. The molecular formula is C15H17N3O5. The summed E-state index contributed by atoms with van der Waals surface area (Å²) in [5.74, 6) is -2.41. The van der Waals surface area contributed by atoms with Crippen LogP contribution in [0.2, 0.25) is 0 Å². The van der Waals surface area contributed by atoms with E-state index < -0.39 is 17.8 Å². The SMILES string of the molecule is CN1CCC=C(c2nc(C3CCCC3)no2)C12OC(=O)C(=O)O2. The maximum atomic E-state index is 11.6. The third-order valence-electron chi connectivity index (χ3n) is 4.68. The number of rotatable bonds is 2. The molecule has 2 fully saturated rings. The molecule has 1 saturated heterocycles. The molecule has 4 rings (SSSR count). The van der Waals surface area contributed by atoms with Gasteiger partial charge in [-0.3, -0.25) is 0 Å². The maximum Gasteiger partial charge on any atom is 0.422 e. The minimum absolute atomic E-state index is 0.237. The summed E-state index contributed by atoms with van der Waals surface area (Å²) in [6.07, 6.45) is 6.94. The van der Waals surface area contributed by atoms with Gasteiger partial charge in [0.05, 0.1) is 0 Å². The second-order valence-electron chi connectivity index (χ2n) is 6.13. The maximum absolute atomic E-state index is 11.6. The second-order valence-corrected chi connectivity index (χ2v) is 6.13. The number of hydrogen-bond donors (Lipinski definition) is 0. The molecule has 8 nitrogen and oxygen atoms in total. The molecule has 0 unspecified atom stereocenters. The third-order valence-corrected chi connectivity index (χ3v) is 4.68. The van der Waals surface area contributed by atoms with Crippen LogP contribution in [-0.2, 0) is 19.1 Å². The highest BCUT2D eigenvalue weighted by atomic mass is 16.8. The van der Waals surface area contributed by atoms with E-state index in [1.54, 1.807) is 11.9 Å². The van der Waals surface area contributed by atoms with Gasteiger partial charge in [0.25, 0.3) is 5.89 Å². The van der Waals surface area contributed by atoms with Gasteiger partial charge >= 0.3 is 17.8 Å². The molecule has 1 saturated carbocycles.